The number of halogens is 1. The summed E-state index contributed by atoms with van der Waals surface area (Å²) in [6.07, 6.45) is 3.20. The van der Waals surface area contributed by atoms with Gasteiger partial charge in [-0.2, -0.15) is 0 Å². The average molecular weight is 239 g/mol. The Kier molecular flexibility index (Phi) is 2.27. The minimum atomic E-state index is 0.989. The van der Waals surface area contributed by atoms with Crippen molar-refractivity contribution >= 4 is 21.6 Å². The monoisotopic (exact) mass is 238 g/mol. The van der Waals surface area contributed by atoms with Crippen LogP contribution in [0.4, 0.5) is 5.69 Å². The Labute approximate surface area is 83.7 Å². The third-order valence-corrected chi connectivity index (χ3v) is 2.05. The van der Waals surface area contributed by atoms with Gasteiger partial charge >= 0.3 is 0 Å². The molecule has 0 amide bonds. The summed E-state index contributed by atoms with van der Waals surface area (Å²) in [7, 11) is 0. The van der Waals surface area contributed by atoms with Crippen molar-refractivity contribution in [2.75, 3.05) is 5.43 Å². The van der Waals surface area contributed by atoms with Crippen LogP contribution in [0.2, 0.25) is 0 Å². The van der Waals surface area contributed by atoms with Gasteiger partial charge in [-0.05, 0) is 24.3 Å². The minimum Gasteiger partial charge on any atom is -0.292 e. The zero-order valence-corrected chi connectivity index (χ0v) is 8.27. The number of nitrogens with zero attached hydrogens (tertiary/aromatic N) is 3. The van der Waals surface area contributed by atoms with E-state index in [0.717, 1.165) is 10.2 Å². The maximum Gasteiger partial charge on any atom is 0.139 e. The van der Waals surface area contributed by atoms with E-state index in [1.807, 2.05) is 24.3 Å². The van der Waals surface area contributed by atoms with E-state index in [0.29, 0.717) is 0 Å². The van der Waals surface area contributed by atoms with Gasteiger partial charge in [0.1, 0.15) is 12.7 Å². The summed E-state index contributed by atoms with van der Waals surface area (Å²) in [6.45, 7) is 0. The highest BCUT2D eigenvalue weighted by atomic mass is 79.9. The number of nitrogens with one attached hydrogen (secondary N) is 1. The summed E-state index contributed by atoms with van der Waals surface area (Å²) < 4.78 is 2.74. The van der Waals surface area contributed by atoms with Gasteiger partial charge in [-0.15, -0.1) is 10.2 Å². The van der Waals surface area contributed by atoms with Crippen LogP contribution in [0.5, 0.6) is 0 Å². The Hall–Kier alpha value is -1.36. The highest BCUT2D eigenvalue weighted by Gasteiger charge is 1.92. The quantitative estimate of drug-likeness (QED) is 0.870. The van der Waals surface area contributed by atoms with Crippen LogP contribution in [0.25, 0.3) is 0 Å². The van der Waals surface area contributed by atoms with E-state index in [1.54, 1.807) is 17.3 Å². The molecule has 0 saturated heterocycles. The first-order valence-electron chi connectivity index (χ1n) is 3.72. The summed E-state index contributed by atoms with van der Waals surface area (Å²) in [6, 6.07) is 7.85. The molecule has 66 valence electrons. The number of hydrogen-bond donors (Lipinski definition) is 1. The zero-order chi connectivity index (χ0) is 9.10. The fourth-order valence-electron chi connectivity index (χ4n) is 0.932. The summed E-state index contributed by atoms with van der Waals surface area (Å²) >= 11 is 3.36. The largest absolute Gasteiger partial charge is 0.292 e. The second-order valence-electron chi connectivity index (χ2n) is 2.49. The molecule has 0 saturated carbocycles. The van der Waals surface area contributed by atoms with Crippen LogP contribution in [0.3, 0.4) is 0 Å². The molecule has 1 aromatic heterocycles. The predicted molar refractivity (Wildman–Crippen MR) is 53.2 cm³/mol. The zero-order valence-electron chi connectivity index (χ0n) is 6.68. The molecule has 1 heterocycles. The van der Waals surface area contributed by atoms with Crippen molar-refractivity contribution in [3.8, 4) is 0 Å². The van der Waals surface area contributed by atoms with Gasteiger partial charge in [-0.3, -0.25) is 5.43 Å². The number of benzene rings is 1. The van der Waals surface area contributed by atoms with Crippen LogP contribution in [-0.4, -0.2) is 14.9 Å². The molecule has 0 aliphatic carbocycles. The molecule has 1 N–H and O–H groups in total. The molecule has 1 aromatic carbocycles. The molecule has 2 aromatic rings. The molecule has 2 rings (SSSR count). The lowest BCUT2D eigenvalue weighted by molar-refractivity contribution is 0.952. The van der Waals surface area contributed by atoms with Gasteiger partial charge < -0.3 is 0 Å². The van der Waals surface area contributed by atoms with Crippen LogP contribution in [-0.2, 0) is 0 Å². The normalized spacial score (nSPS) is 9.92. The number of aromatic nitrogens is 3. The second-order valence-corrected chi connectivity index (χ2v) is 3.40. The van der Waals surface area contributed by atoms with Crippen LogP contribution in [0, 0.1) is 0 Å². The third kappa shape index (κ3) is 2.06. The first-order valence-corrected chi connectivity index (χ1v) is 4.51. The van der Waals surface area contributed by atoms with Crippen molar-refractivity contribution in [3.63, 3.8) is 0 Å². The maximum absolute atomic E-state index is 3.68. The van der Waals surface area contributed by atoms with E-state index in [9.17, 15) is 0 Å². The Morgan fingerprint density at radius 3 is 2.31 bits per heavy atom. The molecule has 13 heavy (non-hydrogen) atoms. The molecule has 0 aliphatic heterocycles. The van der Waals surface area contributed by atoms with E-state index < -0.39 is 0 Å². The van der Waals surface area contributed by atoms with Gasteiger partial charge in [-0.25, -0.2) is 4.68 Å². The molecule has 0 aliphatic rings. The Bertz CT molecular complexity index is 368. The predicted octanol–water partition coefficient (Wildman–Crippen LogP) is 1.92. The number of rotatable bonds is 2. The number of hydrogen-bond acceptors (Lipinski definition) is 3. The van der Waals surface area contributed by atoms with Gasteiger partial charge in [0.15, 0.2) is 0 Å². The molecular weight excluding hydrogens is 232 g/mol. The lowest BCUT2D eigenvalue weighted by atomic mass is 10.3. The van der Waals surface area contributed by atoms with E-state index in [4.69, 9.17) is 0 Å². The molecular formula is C8H7BrN4. The lowest BCUT2D eigenvalue weighted by Gasteiger charge is -2.04. The maximum atomic E-state index is 3.68. The summed E-state index contributed by atoms with van der Waals surface area (Å²) in [5.74, 6) is 0. The van der Waals surface area contributed by atoms with Crippen LogP contribution in [0.1, 0.15) is 0 Å². The lowest BCUT2D eigenvalue weighted by Crippen LogP contribution is -2.05. The molecule has 4 nitrogen and oxygen atoms in total. The first kappa shape index (κ1) is 8.25. The fraction of sp³-hybridized carbons (Fsp3) is 0. The van der Waals surface area contributed by atoms with Crippen LogP contribution in [0.15, 0.2) is 41.4 Å². The third-order valence-electron chi connectivity index (χ3n) is 1.52. The SMILES string of the molecule is Brc1ccc(Nn2cnnc2)cc1. The molecule has 0 atom stereocenters. The Morgan fingerprint density at radius 1 is 1.08 bits per heavy atom. The molecule has 0 spiro atoms. The van der Waals surface area contributed by atoms with Gasteiger partial charge in [0.25, 0.3) is 0 Å². The van der Waals surface area contributed by atoms with Gasteiger partial charge in [0.05, 0.1) is 5.69 Å². The van der Waals surface area contributed by atoms with E-state index >= 15 is 0 Å². The van der Waals surface area contributed by atoms with Crippen molar-refractivity contribution in [2.24, 2.45) is 0 Å². The summed E-state index contributed by atoms with van der Waals surface area (Å²) in [4.78, 5) is 0. The van der Waals surface area contributed by atoms with Crippen LogP contribution >= 0.6 is 15.9 Å². The molecule has 0 unspecified atom stereocenters. The van der Waals surface area contributed by atoms with Crippen molar-refractivity contribution in [1.82, 2.24) is 14.9 Å². The van der Waals surface area contributed by atoms with Crippen molar-refractivity contribution in [1.29, 1.82) is 0 Å². The topological polar surface area (TPSA) is 42.7 Å². The fourth-order valence-corrected chi connectivity index (χ4v) is 1.20. The first-order chi connectivity index (χ1) is 6.34. The second kappa shape index (κ2) is 3.57. The highest BCUT2D eigenvalue weighted by molar-refractivity contribution is 9.10. The molecule has 0 radical (unpaired) electrons. The van der Waals surface area contributed by atoms with Gasteiger partial charge in [0.2, 0.25) is 0 Å². The van der Waals surface area contributed by atoms with E-state index in [2.05, 4.69) is 31.6 Å². The van der Waals surface area contributed by atoms with Crippen molar-refractivity contribution in [3.05, 3.63) is 41.4 Å². The molecule has 5 heteroatoms. The standard InChI is InChI=1S/C8H7BrN4/c9-7-1-3-8(4-2-7)12-13-5-10-11-6-13/h1-6,12H. The van der Waals surface area contributed by atoms with E-state index in [-0.39, 0.29) is 0 Å². The number of anilines is 1. The summed E-state index contributed by atoms with van der Waals surface area (Å²) in [5, 5.41) is 7.35. The Balaban J connectivity index is 2.15. The average Bonchev–Trinajstić information content (AvgIpc) is 2.62. The molecule has 0 fully saturated rings. The van der Waals surface area contributed by atoms with Crippen molar-refractivity contribution < 1.29 is 0 Å². The van der Waals surface area contributed by atoms with Crippen LogP contribution < -0.4 is 5.43 Å². The van der Waals surface area contributed by atoms with Crippen molar-refractivity contribution in [2.45, 2.75) is 0 Å². The Morgan fingerprint density at radius 2 is 1.69 bits per heavy atom. The van der Waals surface area contributed by atoms with E-state index in [1.165, 1.54) is 0 Å². The minimum absolute atomic E-state index is 0.989. The molecule has 0 bridgehead atoms. The smallest absolute Gasteiger partial charge is 0.139 e. The highest BCUT2D eigenvalue weighted by Crippen LogP contribution is 2.13. The van der Waals surface area contributed by atoms with Gasteiger partial charge in [-0.1, -0.05) is 15.9 Å². The summed E-state index contributed by atoms with van der Waals surface area (Å²) in [5.41, 5.74) is 4.07. The van der Waals surface area contributed by atoms with Gasteiger partial charge in [0, 0.05) is 4.47 Å².